The van der Waals surface area contributed by atoms with Gasteiger partial charge >= 0.3 is 7.12 Å². The van der Waals surface area contributed by atoms with Crippen LogP contribution in [0.2, 0.25) is 0 Å². The second kappa shape index (κ2) is 2.62. The first-order valence-electron chi connectivity index (χ1n) is 3.48. The Balaban J connectivity index is 2.73. The summed E-state index contributed by atoms with van der Waals surface area (Å²) in [5, 5.41) is 22.0. The quantitative estimate of drug-likeness (QED) is 0.556. The number of aromatic nitrogens is 1. The van der Waals surface area contributed by atoms with Gasteiger partial charge in [-0.2, -0.15) is 0 Å². The normalized spacial score (nSPS) is 10.5. The third-order valence-corrected chi connectivity index (χ3v) is 1.71. The van der Waals surface area contributed by atoms with E-state index in [2.05, 4.69) is 5.16 Å². The summed E-state index contributed by atoms with van der Waals surface area (Å²) < 4.78 is 4.84. The Kier molecular flexibility index (Phi) is 1.60. The maximum absolute atomic E-state index is 8.93. The van der Waals surface area contributed by atoms with Crippen molar-refractivity contribution in [3.05, 3.63) is 24.4 Å². The summed E-state index contributed by atoms with van der Waals surface area (Å²) in [6.07, 6.45) is 1.46. The van der Waals surface area contributed by atoms with Crippen LogP contribution < -0.4 is 5.46 Å². The molecule has 1 heterocycles. The molecule has 0 saturated carbocycles. The molecule has 0 aliphatic heterocycles. The fourth-order valence-electron chi connectivity index (χ4n) is 1.14. The Morgan fingerprint density at radius 1 is 1.33 bits per heavy atom. The molecule has 60 valence electrons. The summed E-state index contributed by atoms with van der Waals surface area (Å²) in [4.78, 5) is 0. The van der Waals surface area contributed by atoms with Gasteiger partial charge in [-0.25, -0.2) is 0 Å². The lowest BCUT2D eigenvalue weighted by molar-refractivity contribution is 0.426. The zero-order valence-electron chi connectivity index (χ0n) is 6.14. The maximum Gasteiger partial charge on any atom is 0.489 e. The molecule has 0 unspecified atom stereocenters. The van der Waals surface area contributed by atoms with Gasteiger partial charge in [0.1, 0.15) is 0 Å². The molecule has 0 bridgehead atoms. The zero-order valence-corrected chi connectivity index (χ0v) is 6.14. The van der Waals surface area contributed by atoms with Gasteiger partial charge in [0.05, 0.1) is 6.20 Å². The molecule has 0 fully saturated rings. The molecule has 12 heavy (non-hydrogen) atoms. The van der Waals surface area contributed by atoms with E-state index in [-0.39, 0.29) is 0 Å². The number of nitrogens with zero attached hydrogens (tertiary/aromatic N) is 1. The van der Waals surface area contributed by atoms with Crippen molar-refractivity contribution in [1.82, 2.24) is 5.16 Å². The molecule has 1 aromatic heterocycles. The monoisotopic (exact) mass is 163 g/mol. The number of benzene rings is 1. The summed E-state index contributed by atoms with van der Waals surface area (Å²) in [6, 6.07) is 5.01. The van der Waals surface area contributed by atoms with E-state index in [1.807, 2.05) is 0 Å². The van der Waals surface area contributed by atoms with E-state index < -0.39 is 7.12 Å². The molecule has 1 aromatic carbocycles. The van der Waals surface area contributed by atoms with Crippen LogP contribution in [-0.4, -0.2) is 22.3 Å². The van der Waals surface area contributed by atoms with Gasteiger partial charge in [-0.05, 0) is 11.5 Å². The van der Waals surface area contributed by atoms with E-state index in [0.29, 0.717) is 16.4 Å². The van der Waals surface area contributed by atoms with Crippen molar-refractivity contribution in [1.29, 1.82) is 0 Å². The molecule has 5 heteroatoms. The van der Waals surface area contributed by atoms with Crippen LogP contribution >= 0.6 is 0 Å². The molecule has 0 radical (unpaired) electrons. The zero-order chi connectivity index (χ0) is 8.55. The first-order chi connectivity index (χ1) is 5.79. The van der Waals surface area contributed by atoms with Gasteiger partial charge < -0.3 is 14.6 Å². The highest BCUT2D eigenvalue weighted by Gasteiger charge is 2.15. The largest absolute Gasteiger partial charge is 0.489 e. The minimum absolute atomic E-state index is 0.411. The van der Waals surface area contributed by atoms with Gasteiger partial charge in [-0.15, -0.1) is 0 Å². The first-order valence-corrected chi connectivity index (χ1v) is 3.48. The second-order valence-corrected chi connectivity index (χ2v) is 2.46. The lowest BCUT2D eigenvalue weighted by atomic mass is 9.78. The van der Waals surface area contributed by atoms with E-state index in [1.54, 1.807) is 18.2 Å². The minimum Gasteiger partial charge on any atom is -0.423 e. The van der Waals surface area contributed by atoms with E-state index >= 15 is 0 Å². The molecule has 2 aromatic rings. The van der Waals surface area contributed by atoms with Gasteiger partial charge in [0, 0.05) is 5.39 Å². The Morgan fingerprint density at radius 3 is 2.92 bits per heavy atom. The molecular weight excluding hydrogens is 157 g/mol. The topological polar surface area (TPSA) is 66.5 Å². The van der Waals surface area contributed by atoms with E-state index in [4.69, 9.17) is 14.6 Å². The van der Waals surface area contributed by atoms with Crippen molar-refractivity contribution >= 4 is 23.6 Å². The molecule has 0 aliphatic carbocycles. The lowest BCUT2D eigenvalue weighted by Gasteiger charge is -1.97. The highest BCUT2D eigenvalue weighted by Crippen LogP contribution is 2.09. The van der Waals surface area contributed by atoms with Gasteiger partial charge in [0.25, 0.3) is 0 Å². The number of fused-ring (bicyclic) bond motifs is 1. The van der Waals surface area contributed by atoms with Crippen LogP contribution in [0.3, 0.4) is 0 Å². The van der Waals surface area contributed by atoms with Crippen molar-refractivity contribution in [3.63, 3.8) is 0 Å². The first kappa shape index (κ1) is 7.33. The summed E-state index contributed by atoms with van der Waals surface area (Å²) >= 11 is 0. The van der Waals surface area contributed by atoms with Crippen molar-refractivity contribution in [2.75, 3.05) is 0 Å². The highest BCUT2D eigenvalue weighted by atomic mass is 16.5. The molecule has 0 amide bonds. The average Bonchev–Trinajstić information content (AvgIpc) is 2.49. The van der Waals surface area contributed by atoms with E-state index in [9.17, 15) is 0 Å². The van der Waals surface area contributed by atoms with Crippen LogP contribution in [-0.2, 0) is 0 Å². The molecule has 4 nitrogen and oxygen atoms in total. The Morgan fingerprint density at radius 2 is 2.17 bits per heavy atom. The van der Waals surface area contributed by atoms with Crippen LogP contribution in [0.5, 0.6) is 0 Å². The van der Waals surface area contributed by atoms with Crippen LogP contribution in [0.25, 0.3) is 11.0 Å². The van der Waals surface area contributed by atoms with Gasteiger partial charge in [0.2, 0.25) is 0 Å². The van der Waals surface area contributed by atoms with Crippen molar-refractivity contribution in [2.45, 2.75) is 0 Å². The summed E-state index contributed by atoms with van der Waals surface area (Å²) in [5.41, 5.74) is 0.967. The third kappa shape index (κ3) is 0.994. The van der Waals surface area contributed by atoms with Gasteiger partial charge in [-0.3, -0.25) is 0 Å². The maximum atomic E-state index is 8.93. The highest BCUT2D eigenvalue weighted by molar-refractivity contribution is 6.61. The summed E-state index contributed by atoms with van der Waals surface area (Å²) in [6.45, 7) is 0. The Hall–Kier alpha value is -1.33. The molecule has 0 saturated heterocycles. The second-order valence-electron chi connectivity index (χ2n) is 2.46. The number of hydrogen-bond donors (Lipinski definition) is 2. The lowest BCUT2D eigenvalue weighted by Crippen LogP contribution is -2.29. The molecule has 0 atom stereocenters. The Labute approximate surface area is 68.6 Å². The fourth-order valence-corrected chi connectivity index (χ4v) is 1.14. The van der Waals surface area contributed by atoms with Crippen LogP contribution in [0.15, 0.2) is 28.9 Å². The van der Waals surface area contributed by atoms with Crippen LogP contribution in [0.1, 0.15) is 0 Å². The van der Waals surface area contributed by atoms with Crippen molar-refractivity contribution < 1.29 is 14.6 Å². The van der Waals surface area contributed by atoms with Gasteiger partial charge in [-0.1, -0.05) is 17.3 Å². The molecule has 0 spiro atoms. The van der Waals surface area contributed by atoms with Crippen LogP contribution in [0.4, 0.5) is 0 Å². The predicted octanol–water partition coefficient (Wildman–Crippen LogP) is -0.492. The summed E-state index contributed by atoms with van der Waals surface area (Å²) in [7, 11) is -1.48. The number of hydrogen-bond acceptors (Lipinski definition) is 4. The van der Waals surface area contributed by atoms with Crippen molar-refractivity contribution in [3.8, 4) is 0 Å². The summed E-state index contributed by atoms with van der Waals surface area (Å²) in [5.74, 6) is 0. The minimum atomic E-state index is -1.48. The Bertz CT molecular complexity index is 398. The van der Waals surface area contributed by atoms with E-state index in [1.165, 1.54) is 6.20 Å². The SMILES string of the molecule is OB(O)c1cccc2oncc12. The fraction of sp³-hybridized carbons (Fsp3) is 0. The third-order valence-electron chi connectivity index (χ3n) is 1.71. The number of rotatable bonds is 1. The molecule has 2 rings (SSSR count). The predicted molar refractivity (Wildman–Crippen MR) is 43.8 cm³/mol. The van der Waals surface area contributed by atoms with E-state index in [0.717, 1.165) is 0 Å². The smallest absolute Gasteiger partial charge is 0.423 e. The molecular formula is C7H6BNO3. The average molecular weight is 163 g/mol. The van der Waals surface area contributed by atoms with Crippen LogP contribution in [0, 0.1) is 0 Å². The molecule has 0 aliphatic rings. The van der Waals surface area contributed by atoms with Gasteiger partial charge in [0.15, 0.2) is 5.58 Å². The van der Waals surface area contributed by atoms with Crippen molar-refractivity contribution in [2.24, 2.45) is 0 Å². The molecule has 2 N–H and O–H groups in total. The standard InChI is InChI=1S/C7H6BNO3/c10-8(11)6-2-1-3-7-5(6)4-9-12-7/h1-4,10-11H.